The molecule has 0 spiro atoms. The smallest absolute Gasteiger partial charge is 0.408 e. The number of alkyl carbamates (subject to hydrolysis) is 1. The summed E-state index contributed by atoms with van der Waals surface area (Å²) in [5.41, 5.74) is 5.69. The van der Waals surface area contributed by atoms with Crippen molar-refractivity contribution in [2.45, 2.75) is 65.2 Å². The monoisotopic (exact) mass is 728 g/mol. The van der Waals surface area contributed by atoms with Crippen LogP contribution in [0.4, 0.5) is 9.18 Å². The van der Waals surface area contributed by atoms with E-state index in [2.05, 4.69) is 34.3 Å². The van der Waals surface area contributed by atoms with Crippen LogP contribution in [0, 0.1) is 11.7 Å². The largest absolute Gasteiger partial charge is 0.460 e. The third kappa shape index (κ3) is 9.74. The van der Waals surface area contributed by atoms with Crippen molar-refractivity contribution < 1.29 is 28.2 Å². The zero-order valence-corrected chi connectivity index (χ0v) is 31.1. The number of likely N-dealkylation sites (tertiary alicyclic amines) is 1. The Morgan fingerprint density at radius 1 is 0.815 bits per heavy atom. The molecule has 4 aromatic carbocycles. The number of ether oxygens (including phenoxy) is 2. The summed E-state index contributed by atoms with van der Waals surface area (Å²) in [6.07, 6.45) is 4.75. The molecule has 0 aliphatic carbocycles. The Morgan fingerprint density at radius 3 is 2.07 bits per heavy atom. The lowest BCUT2D eigenvalue weighted by Crippen LogP contribution is -2.59. The molecule has 0 radical (unpaired) electrons. The third-order valence-electron chi connectivity index (χ3n) is 9.15. The van der Waals surface area contributed by atoms with Gasteiger partial charge in [-0.15, -0.1) is 0 Å². The molecule has 1 atom stereocenters. The summed E-state index contributed by atoms with van der Waals surface area (Å²) in [4.78, 5) is 49.6. The second-order valence-corrected chi connectivity index (χ2v) is 14.6. The van der Waals surface area contributed by atoms with Crippen LogP contribution in [0.3, 0.4) is 0 Å². The number of aromatic nitrogens is 2. The number of hydrogen-bond acceptors (Lipinski definition) is 7. The first-order valence-electron chi connectivity index (χ1n) is 18.2. The van der Waals surface area contributed by atoms with Crippen molar-refractivity contribution in [1.29, 1.82) is 0 Å². The highest BCUT2D eigenvalue weighted by atomic mass is 19.1. The minimum Gasteiger partial charge on any atom is -0.460 e. The van der Waals surface area contributed by atoms with Crippen LogP contribution in [0.15, 0.2) is 109 Å². The van der Waals surface area contributed by atoms with Crippen molar-refractivity contribution in [3.05, 3.63) is 132 Å². The zero-order valence-electron chi connectivity index (χ0n) is 31.1. The topological polar surface area (TPSA) is 111 Å². The summed E-state index contributed by atoms with van der Waals surface area (Å²) < 4.78 is 26.2. The van der Waals surface area contributed by atoms with E-state index in [0.717, 1.165) is 40.7 Å². The number of aryl methyl sites for hydroxylation is 1. The minimum atomic E-state index is -0.934. The standard InChI is InChI=1S/C44H45FN4O5/c1-5-9-29-12-16-32(17-13-29)34-20-21-37(38(45)23-34)35-24-46-40(47-25-35)33-18-14-30(15-19-33)22-39(48-43(52)53-28-31-10-7-6-8-11-31)41(50)49-26-36(27-49)42(51)54-44(2,3)4/h6-8,10-21,23-25,36,39H,5,9,22,26-28H2,1-4H3,(H,48,52)/t39-/m0/s1. The number of nitrogens with one attached hydrogen (secondary N) is 1. The van der Waals surface area contributed by atoms with Crippen molar-refractivity contribution in [1.82, 2.24) is 20.2 Å². The SMILES string of the molecule is CCCc1ccc(-c2ccc(-c3cnc(-c4ccc(C[C@H](NC(=O)OCc5ccccc5)C(=O)N5CC(C(=O)OC(C)(C)C)C5)cc4)nc3)c(F)c2)cc1. The van der Waals surface area contributed by atoms with E-state index < -0.39 is 23.7 Å². The summed E-state index contributed by atoms with van der Waals surface area (Å²) in [5, 5.41) is 2.74. The van der Waals surface area contributed by atoms with Gasteiger partial charge >= 0.3 is 12.1 Å². The maximum absolute atomic E-state index is 15.3. The summed E-state index contributed by atoms with van der Waals surface area (Å²) in [6.45, 7) is 8.01. The molecule has 1 aliphatic rings. The van der Waals surface area contributed by atoms with E-state index in [-0.39, 0.29) is 43.8 Å². The normalized spacial score (nSPS) is 13.5. The van der Waals surface area contributed by atoms with Gasteiger partial charge in [-0.3, -0.25) is 9.59 Å². The van der Waals surface area contributed by atoms with Gasteiger partial charge in [-0.2, -0.15) is 0 Å². The lowest BCUT2D eigenvalue weighted by Gasteiger charge is -2.40. The molecule has 0 unspecified atom stereocenters. The second kappa shape index (κ2) is 16.8. The summed E-state index contributed by atoms with van der Waals surface area (Å²) >= 11 is 0. The second-order valence-electron chi connectivity index (χ2n) is 14.6. The van der Waals surface area contributed by atoms with Gasteiger partial charge in [0.1, 0.15) is 24.1 Å². The molecule has 0 bridgehead atoms. The lowest BCUT2D eigenvalue weighted by molar-refractivity contribution is -0.168. The fourth-order valence-corrected chi connectivity index (χ4v) is 6.24. The van der Waals surface area contributed by atoms with Crippen LogP contribution in [0.1, 0.15) is 50.8 Å². The van der Waals surface area contributed by atoms with Crippen molar-refractivity contribution in [2.24, 2.45) is 5.92 Å². The van der Waals surface area contributed by atoms with Crippen LogP contribution in [0.5, 0.6) is 0 Å². The van der Waals surface area contributed by atoms with E-state index in [1.807, 2.05) is 72.8 Å². The molecule has 278 valence electrons. The van der Waals surface area contributed by atoms with Crippen molar-refractivity contribution >= 4 is 18.0 Å². The Balaban J connectivity index is 1.11. The van der Waals surface area contributed by atoms with Gasteiger partial charge in [0, 0.05) is 48.6 Å². The quantitative estimate of drug-likeness (QED) is 0.129. The Bertz CT molecular complexity index is 2060. The zero-order chi connectivity index (χ0) is 38.2. The number of halogens is 1. The molecule has 0 saturated carbocycles. The number of nitrogens with zero attached hydrogens (tertiary/aromatic N) is 3. The van der Waals surface area contributed by atoms with Crippen molar-refractivity contribution in [3.63, 3.8) is 0 Å². The number of esters is 1. The van der Waals surface area contributed by atoms with E-state index in [1.54, 1.807) is 44.1 Å². The molecule has 1 aliphatic heterocycles. The van der Waals surface area contributed by atoms with Crippen LogP contribution in [-0.2, 0) is 38.5 Å². The highest BCUT2D eigenvalue weighted by molar-refractivity contribution is 5.88. The average molecular weight is 729 g/mol. The van der Waals surface area contributed by atoms with E-state index in [1.165, 1.54) is 11.6 Å². The molecule has 1 saturated heterocycles. The van der Waals surface area contributed by atoms with Crippen LogP contribution in [0.25, 0.3) is 33.6 Å². The molecule has 1 fully saturated rings. The van der Waals surface area contributed by atoms with Gasteiger partial charge in [0.2, 0.25) is 5.91 Å². The predicted molar refractivity (Wildman–Crippen MR) is 205 cm³/mol. The van der Waals surface area contributed by atoms with Crippen LogP contribution < -0.4 is 5.32 Å². The van der Waals surface area contributed by atoms with Gasteiger partial charge in [0.15, 0.2) is 5.82 Å². The number of carbonyl (C=O) groups is 3. The van der Waals surface area contributed by atoms with Gasteiger partial charge in [-0.1, -0.05) is 104 Å². The fourth-order valence-electron chi connectivity index (χ4n) is 6.24. The van der Waals surface area contributed by atoms with Crippen LogP contribution >= 0.6 is 0 Å². The van der Waals surface area contributed by atoms with Crippen LogP contribution in [-0.4, -0.2) is 57.6 Å². The van der Waals surface area contributed by atoms with Crippen LogP contribution in [0.2, 0.25) is 0 Å². The molecule has 9 nitrogen and oxygen atoms in total. The maximum atomic E-state index is 15.3. The van der Waals surface area contributed by atoms with Gasteiger partial charge in [-0.05, 0) is 61.1 Å². The highest BCUT2D eigenvalue weighted by Crippen LogP contribution is 2.29. The first-order valence-corrected chi connectivity index (χ1v) is 18.2. The number of rotatable bonds is 12. The number of carbonyl (C=O) groups excluding carboxylic acids is 3. The van der Waals surface area contributed by atoms with Gasteiger partial charge in [-0.25, -0.2) is 19.2 Å². The molecule has 6 rings (SSSR count). The molecular weight excluding hydrogens is 684 g/mol. The third-order valence-corrected chi connectivity index (χ3v) is 9.15. The summed E-state index contributed by atoms with van der Waals surface area (Å²) in [7, 11) is 0. The molecule has 10 heteroatoms. The lowest BCUT2D eigenvalue weighted by atomic mass is 9.96. The number of benzene rings is 4. The molecular formula is C44H45FN4O5. The van der Waals surface area contributed by atoms with E-state index in [9.17, 15) is 14.4 Å². The Hall–Kier alpha value is -5.90. The molecule has 2 heterocycles. The fraction of sp³-hybridized carbons (Fsp3) is 0.295. The summed E-state index contributed by atoms with van der Waals surface area (Å²) in [5.74, 6) is -0.992. The number of amides is 2. The molecule has 54 heavy (non-hydrogen) atoms. The minimum absolute atomic E-state index is 0.0526. The average Bonchev–Trinajstić information content (AvgIpc) is 3.13. The Kier molecular flexibility index (Phi) is 11.8. The van der Waals surface area contributed by atoms with Crippen molar-refractivity contribution in [2.75, 3.05) is 13.1 Å². The molecule has 2 amide bonds. The molecule has 1 N–H and O–H groups in total. The maximum Gasteiger partial charge on any atom is 0.408 e. The molecule has 1 aromatic heterocycles. The van der Waals surface area contributed by atoms with Gasteiger partial charge in [0.25, 0.3) is 0 Å². The van der Waals surface area contributed by atoms with Gasteiger partial charge < -0.3 is 19.7 Å². The molecule has 5 aromatic rings. The highest BCUT2D eigenvalue weighted by Gasteiger charge is 2.40. The summed E-state index contributed by atoms with van der Waals surface area (Å²) in [6, 6.07) is 29.1. The number of hydrogen-bond donors (Lipinski definition) is 1. The first-order chi connectivity index (χ1) is 26.0. The van der Waals surface area contributed by atoms with Gasteiger partial charge in [0.05, 0.1) is 5.92 Å². The van der Waals surface area contributed by atoms with E-state index >= 15 is 4.39 Å². The Labute approximate surface area is 315 Å². The predicted octanol–water partition coefficient (Wildman–Crippen LogP) is 8.21. The van der Waals surface area contributed by atoms with Crippen molar-refractivity contribution in [3.8, 4) is 33.6 Å². The van der Waals surface area contributed by atoms with E-state index in [0.29, 0.717) is 17.0 Å². The Morgan fingerprint density at radius 2 is 1.44 bits per heavy atom. The van der Waals surface area contributed by atoms with E-state index in [4.69, 9.17) is 9.47 Å². The first kappa shape index (κ1) is 37.8.